The minimum absolute atomic E-state index is 0.0587. The van der Waals surface area contributed by atoms with Crippen molar-refractivity contribution in [2.45, 2.75) is 205 Å². The Morgan fingerprint density at radius 2 is 0.619 bits per heavy atom. The van der Waals surface area contributed by atoms with E-state index >= 15 is 0 Å². The molecule has 0 atom stereocenters. The Morgan fingerprint density at radius 3 is 0.810 bits per heavy atom. The summed E-state index contributed by atoms with van der Waals surface area (Å²) in [5, 5.41) is 3.11. The highest BCUT2D eigenvalue weighted by atomic mass is 32.1. The number of thiol groups is 1. The lowest BCUT2D eigenvalue weighted by molar-refractivity contribution is 0.370. The first-order chi connectivity index (χ1) is 20.4. The lowest BCUT2D eigenvalue weighted by Gasteiger charge is -2.05. The molecule has 0 bridgehead atoms. The second kappa shape index (κ2) is 34.3. The van der Waals surface area contributed by atoms with E-state index in [0.717, 1.165) is 19.4 Å². The van der Waals surface area contributed by atoms with Gasteiger partial charge in [-0.2, -0.15) is 0 Å². The molecule has 0 unspecified atom stereocenters. The highest BCUT2D eigenvalue weighted by Gasteiger charge is 2.10. The van der Waals surface area contributed by atoms with Crippen LogP contribution in [0.2, 0.25) is 0 Å². The molecular weight excluding hydrogens is 577 g/mol. The lowest BCUT2D eigenvalue weighted by atomic mass is 10.0. The quantitative estimate of drug-likeness (QED) is 0.0238. The number of thiocarbonyl (C=S) groups is 1. The summed E-state index contributed by atoms with van der Waals surface area (Å²) in [7, 11) is -3.77. The molecule has 4 nitrogen and oxygen atoms in total. The molecule has 0 aromatic carbocycles. The zero-order chi connectivity index (χ0) is 30.8. The maximum atomic E-state index is 10.8. The summed E-state index contributed by atoms with van der Waals surface area (Å²) < 4.78 is 11.4. The minimum Gasteiger partial charge on any atom is -0.371 e. The molecule has 0 aliphatic rings. The van der Waals surface area contributed by atoms with E-state index in [1.807, 2.05) is 0 Å². The van der Waals surface area contributed by atoms with Gasteiger partial charge < -0.3 is 15.1 Å². The molecule has 0 aromatic heterocycles. The van der Waals surface area contributed by atoms with Crippen LogP contribution in [0.25, 0.3) is 0 Å². The van der Waals surface area contributed by atoms with Crippen LogP contribution in [0.4, 0.5) is 0 Å². The Morgan fingerprint density at radius 1 is 0.429 bits per heavy atom. The molecule has 252 valence electrons. The summed E-state index contributed by atoms with van der Waals surface area (Å²) in [6.45, 7) is 0.978. The molecule has 0 heterocycles. The maximum Gasteiger partial charge on any atom is 0.325 e. The number of hydrogen-bond acceptors (Lipinski definition) is 2. The molecule has 0 aromatic rings. The number of nitrogens with one attached hydrogen (secondary N) is 1. The van der Waals surface area contributed by atoms with Gasteiger partial charge in [-0.05, 0) is 12.8 Å². The molecule has 0 amide bonds. The summed E-state index contributed by atoms with van der Waals surface area (Å²) in [5.41, 5.74) is 0. The second-order valence-corrected chi connectivity index (χ2v) is 15.9. The van der Waals surface area contributed by atoms with Crippen LogP contribution in [-0.4, -0.2) is 26.8 Å². The van der Waals surface area contributed by atoms with Gasteiger partial charge in [0.05, 0.1) is 0 Å². The molecule has 0 fully saturated rings. The third-order valence-electron chi connectivity index (χ3n) is 8.65. The van der Waals surface area contributed by atoms with Crippen LogP contribution < -0.4 is 5.32 Å². The van der Waals surface area contributed by atoms with Gasteiger partial charge in [0, 0.05) is 12.7 Å². The third kappa shape index (κ3) is 40.4. The molecule has 42 heavy (non-hydrogen) atoms. The Balaban J connectivity index is 3.06. The monoisotopic (exact) mass is 649 g/mol. The van der Waals surface area contributed by atoms with Crippen molar-refractivity contribution >= 4 is 36.8 Å². The van der Waals surface area contributed by atoms with Crippen LogP contribution in [-0.2, 0) is 4.57 Å². The van der Waals surface area contributed by atoms with Crippen molar-refractivity contribution in [1.82, 2.24) is 5.32 Å². The van der Waals surface area contributed by atoms with Crippen molar-refractivity contribution < 1.29 is 14.4 Å². The average Bonchev–Trinajstić information content (AvgIpc) is 2.94. The molecule has 0 aliphatic carbocycles. The molecule has 0 saturated carbocycles. The average molecular weight is 650 g/mol. The van der Waals surface area contributed by atoms with Crippen molar-refractivity contribution in [2.75, 3.05) is 12.7 Å². The molecule has 0 spiro atoms. The first-order valence-corrected chi connectivity index (χ1v) is 21.1. The van der Waals surface area contributed by atoms with E-state index in [0.29, 0.717) is 10.7 Å². The minimum atomic E-state index is -3.77. The summed E-state index contributed by atoms with van der Waals surface area (Å²) in [4.78, 5) is 17.7. The van der Waals surface area contributed by atoms with E-state index in [1.165, 1.54) is 186 Å². The third-order valence-corrected chi connectivity index (χ3v) is 9.85. The molecule has 0 rings (SSSR count). The first-order valence-electron chi connectivity index (χ1n) is 18.4. The van der Waals surface area contributed by atoms with Gasteiger partial charge in [-0.25, -0.2) is 0 Å². The molecular formula is C35H72NO3PS2. The second-order valence-electron chi connectivity index (χ2n) is 12.9. The topological polar surface area (TPSA) is 69.6 Å². The van der Waals surface area contributed by atoms with Gasteiger partial charge in [-0.1, -0.05) is 205 Å². The van der Waals surface area contributed by atoms with Crippen LogP contribution in [0.1, 0.15) is 205 Å². The fourth-order valence-electron chi connectivity index (χ4n) is 5.94. The number of rotatable bonds is 35. The van der Waals surface area contributed by atoms with Crippen LogP contribution in [0.3, 0.4) is 0 Å². The van der Waals surface area contributed by atoms with Gasteiger partial charge in [0.1, 0.15) is 4.32 Å². The fraction of sp³-hybridized carbons (Fsp3) is 0.971. The Labute approximate surface area is 273 Å². The van der Waals surface area contributed by atoms with Crippen molar-refractivity contribution in [2.24, 2.45) is 0 Å². The lowest BCUT2D eigenvalue weighted by Crippen LogP contribution is -2.17. The number of hydrogen-bond donors (Lipinski definition) is 4. The molecule has 3 N–H and O–H groups in total. The van der Waals surface area contributed by atoms with E-state index in [1.54, 1.807) is 0 Å². The van der Waals surface area contributed by atoms with Gasteiger partial charge >= 0.3 is 7.60 Å². The van der Waals surface area contributed by atoms with Crippen molar-refractivity contribution in [3.8, 4) is 0 Å². The van der Waals surface area contributed by atoms with Crippen LogP contribution >= 0.6 is 32.4 Å². The maximum absolute atomic E-state index is 10.8. The predicted molar refractivity (Wildman–Crippen MR) is 194 cm³/mol. The Bertz CT molecular complexity index is 603. The number of unbranched alkanes of at least 4 members (excludes halogenated alkanes) is 31. The van der Waals surface area contributed by atoms with Crippen molar-refractivity contribution in [1.29, 1.82) is 0 Å². The smallest absolute Gasteiger partial charge is 0.325 e. The van der Waals surface area contributed by atoms with Crippen LogP contribution in [0.15, 0.2) is 0 Å². The van der Waals surface area contributed by atoms with Gasteiger partial charge in [0.2, 0.25) is 0 Å². The molecule has 0 radical (unpaired) electrons. The predicted octanol–water partition coefficient (Wildman–Crippen LogP) is 12.5. The standard InChI is InChI=1S/C35H72NO3PS2/c37-40(38,39)34-32-30-28-26-24-22-20-18-16-14-12-10-8-6-4-2-1-3-5-7-9-11-13-15-17-19-21-23-25-27-29-31-33-36-35(41)42/h1-34H2,(H2,36,41,42)(H2,37,38,39). The largest absolute Gasteiger partial charge is 0.371 e. The SMILES string of the molecule is O=P(O)(O)CCCCCCCCCCCCCCCCCCCCCCCCCCCCCCCCCCNC(=S)S. The zero-order valence-corrected chi connectivity index (χ0v) is 30.3. The summed E-state index contributed by atoms with van der Waals surface area (Å²) in [6, 6.07) is 0. The van der Waals surface area contributed by atoms with Gasteiger partial charge in [-0.15, -0.1) is 12.6 Å². The van der Waals surface area contributed by atoms with E-state index in [-0.39, 0.29) is 6.16 Å². The van der Waals surface area contributed by atoms with E-state index in [2.05, 4.69) is 17.9 Å². The fourth-order valence-corrected chi connectivity index (χ4v) is 6.79. The molecule has 0 aliphatic heterocycles. The summed E-state index contributed by atoms with van der Waals surface area (Å²) in [5.74, 6) is 0. The molecule has 0 saturated heterocycles. The van der Waals surface area contributed by atoms with Gasteiger partial charge in [0.25, 0.3) is 0 Å². The van der Waals surface area contributed by atoms with E-state index in [4.69, 9.17) is 22.0 Å². The van der Waals surface area contributed by atoms with Gasteiger partial charge in [0.15, 0.2) is 0 Å². The van der Waals surface area contributed by atoms with Crippen LogP contribution in [0.5, 0.6) is 0 Å². The van der Waals surface area contributed by atoms with Crippen molar-refractivity contribution in [3.05, 3.63) is 0 Å². The highest BCUT2D eigenvalue weighted by Crippen LogP contribution is 2.35. The summed E-state index contributed by atoms with van der Waals surface area (Å²) >= 11 is 8.98. The Hall–Kier alpha value is 0.390. The van der Waals surface area contributed by atoms with Crippen molar-refractivity contribution in [3.63, 3.8) is 0 Å². The summed E-state index contributed by atoms with van der Waals surface area (Å²) in [6.07, 6.45) is 43.4. The van der Waals surface area contributed by atoms with Gasteiger partial charge in [-0.3, -0.25) is 4.57 Å². The van der Waals surface area contributed by atoms with Crippen LogP contribution in [0, 0.1) is 0 Å². The zero-order valence-electron chi connectivity index (χ0n) is 27.6. The Kier molecular flexibility index (Phi) is 34.6. The highest BCUT2D eigenvalue weighted by molar-refractivity contribution is 8.11. The van der Waals surface area contributed by atoms with E-state index < -0.39 is 7.60 Å². The van der Waals surface area contributed by atoms with E-state index in [9.17, 15) is 4.57 Å². The first kappa shape index (κ1) is 42.4. The molecule has 7 heteroatoms. The normalized spacial score (nSPS) is 11.8.